The second kappa shape index (κ2) is 7.02. The lowest BCUT2D eigenvalue weighted by atomic mass is 9.96. The summed E-state index contributed by atoms with van der Waals surface area (Å²) in [5.41, 5.74) is 0.850. The molecule has 1 aromatic rings. The van der Waals surface area contributed by atoms with Gasteiger partial charge < -0.3 is 9.80 Å². The molecule has 0 saturated carbocycles. The molecule has 2 amide bonds. The van der Waals surface area contributed by atoms with Crippen molar-refractivity contribution in [3.05, 3.63) is 16.1 Å². The fourth-order valence-electron chi connectivity index (χ4n) is 2.63. The molecule has 0 spiro atoms. The first-order chi connectivity index (χ1) is 10.0. The van der Waals surface area contributed by atoms with E-state index in [1.54, 1.807) is 30.3 Å². The maximum absolute atomic E-state index is 12.4. The average Bonchev–Trinajstić information content (AvgIpc) is 2.94. The maximum atomic E-state index is 12.4. The molecular weight excluding hydrogens is 286 g/mol. The van der Waals surface area contributed by atoms with Gasteiger partial charge in [-0.2, -0.15) is 0 Å². The average molecular weight is 309 g/mol. The van der Waals surface area contributed by atoms with Crippen LogP contribution in [0.5, 0.6) is 0 Å². The number of rotatable bonds is 4. The summed E-state index contributed by atoms with van der Waals surface area (Å²) in [5.74, 6) is 0.146. The van der Waals surface area contributed by atoms with E-state index in [9.17, 15) is 9.59 Å². The van der Waals surface area contributed by atoms with E-state index >= 15 is 0 Å². The SMILES string of the molecule is CCc1nc(CC(=O)N2CCCC(C(=O)N(C)C)C2)cs1. The molecule has 0 N–H and O–H groups in total. The molecule has 2 heterocycles. The van der Waals surface area contributed by atoms with Crippen LogP contribution in [0.3, 0.4) is 0 Å². The van der Waals surface area contributed by atoms with Crippen LogP contribution in [0.25, 0.3) is 0 Å². The monoisotopic (exact) mass is 309 g/mol. The van der Waals surface area contributed by atoms with Gasteiger partial charge >= 0.3 is 0 Å². The third-order valence-corrected chi connectivity index (χ3v) is 4.84. The van der Waals surface area contributed by atoms with Gasteiger partial charge in [0, 0.05) is 32.6 Å². The summed E-state index contributed by atoms with van der Waals surface area (Å²) < 4.78 is 0. The van der Waals surface area contributed by atoms with E-state index < -0.39 is 0 Å². The smallest absolute Gasteiger partial charge is 0.228 e. The van der Waals surface area contributed by atoms with E-state index in [0.717, 1.165) is 36.5 Å². The van der Waals surface area contributed by atoms with Gasteiger partial charge in [0.05, 0.1) is 23.0 Å². The minimum atomic E-state index is -0.0562. The Bertz CT molecular complexity index is 513. The van der Waals surface area contributed by atoms with Gasteiger partial charge in [-0.1, -0.05) is 6.92 Å². The van der Waals surface area contributed by atoms with Gasteiger partial charge in [0.25, 0.3) is 0 Å². The minimum absolute atomic E-state index is 0.0562. The predicted octanol–water partition coefficient (Wildman–Crippen LogP) is 1.57. The van der Waals surface area contributed by atoms with E-state index in [1.807, 2.05) is 10.3 Å². The molecular formula is C15H23N3O2S. The van der Waals surface area contributed by atoms with Gasteiger partial charge in [-0.3, -0.25) is 9.59 Å². The van der Waals surface area contributed by atoms with E-state index in [4.69, 9.17) is 0 Å². The van der Waals surface area contributed by atoms with Gasteiger partial charge in [0.1, 0.15) is 0 Å². The van der Waals surface area contributed by atoms with Crippen LogP contribution in [-0.2, 0) is 22.4 Å². The quantitative estimate of drug-likeness (QED) is 0.848. The van der Waals surface area contributed by atoms with Crippen LogP contribution < -0.4 is 0 Å². The topological polar surface area (TPSA) is 53.5 Å². The van der Waals surface area contributed by atoms with Gasteiger partial charge in [0.15, 0.2) is 0 Å². The molecule has 21 heavy (non-hydrogen) atoms. The second-order valence-corrected chi connectivity index (χ2v) is 6.62. The third-order valence-electron chi connectivity index (χ3n) is 3.80. The van der Waals surface area contributed by atoms with Gasteiger partial charge in [-0.05, 0) is 19.3 Å². The normalized spacial score (nSPS) is 18.6. The van der Waals surface area contributed by atoms with Crippen molar-refractivity contribution < 1.29 is 9.59 Å². The summed E-state index contributed by atoms with van der Waals surface area (Å²) >= 11 is 1.60. The molecule has 0 radical (unpaired) electrons. The van der Waals surface area contributed by atoms with Crippen molar-refractivity contribution in [2.24, 2.45) is 5.92 Å². The molecule has 116 valence electrons. The Morgan fingerprint density at radius 2 is 2.24 bits per heavy atom. The number of likely N-dealkylation sites (tertiary alicyclic amines) is 1. The summed E-state index contributed by atoms with van der Waals surface area (Å²) in [6, 6.07) is 0. The largest absolute Gasteiger partial charge is 0.349 e. The zero-order chi connectivity index (χ0) is 15.4. The number of amides is 2. The minimum Gasteiger partial charge on any atom is -0.349 e. The van der Waals surface area contributed by atoms with E-state index in [-0.39, 0.29) is 17.7 Å². The van der Waals surface area contributed by atoms with Crippen LogP contribution in [0.2, 0.25) is 0 Å². The van der Waals surface area contributed by atoms with Crippen LogP contribution in [0.1, 0.15) is 30.5 Å². The second-order valence-electron chi connectivity index (χ2n) is 5.67. The van der Waals surface area contributed by atoms with Crippen molar-refractivity contribution in [2.75, 3.05) is 27.2 Å². The Labute approximate surface area is 130 Å². The first-order valence-corrected chi connectivity index (χ1v) is 8.31. The lowest BCUT2D eigenvalue weighted by Crippen LogP contribution is -2.45. The summed E-state index contributed by atoms with van der Waals surface area (Å²) in [6.07, 6.45) is 3.02. The number of nitrogens with zero attached hydrogens (tertiary/aromatic N) is 3. The van der Waals surface area contributed by atoms with E-state index in [0.29, 0.717) is 13.0 Å². The number of thiazole rings is 1. The van der Waals surface area contributed by atoms with Gasteiger partial charge in [0.2, 0.25) is 11.8 Å². The number of carbonyl (C=O) groups excluding carboxylic acids is 2. The van der Waals surface area contributed by atoms with E-state index in [2.05, 4.69) is 11.9 Å². The fraction of sp³-hybridized carbons (Fsp3) is 0.667. The molecule has 0 aliphatic carbocycles. The molecule has 1 fully saturated rings. The number of aryl methyl sites for hydroxylation is 1. The van der Waals surface area contributed by atoms with Crippen LogP contribution in [-0.4, -0.2) is 53.8 Å². The molecule has 0 aromatic carbocycles. The highest BCUT2D eigenvalue weighted by molar-refractivity contribution is 7.09. The van der Waals surface area contributed by atoms with Crippen LogP contribution in [0.15, 0.2) is 5.38 Å². The third kappa shape index (κ3) is 4.03. The van der Waals surface area contributed by atoms with Crippen molar-refractivity contribution in [2.45, 2.75) is 32.6 Å². The van der Waals surface area contributed by atoms with Crippen molar-refractivity contribution >= 4 is 23.2 Å². The first-order valence-electron chi connectivity index (χ1n) is 7.43. The van der Waals surface area contributed by atoms with Gasteiger partial charge in [-0.15, -0.1) is 11.3 Å². The summed E-state index contributed by atoms with van der Waals surface area (Å²) in [4.78, 5) is 32.3. The number of hydrogen-bond donors (Lipinski definition) is 0. The molecule has 1 unspecified atom stereocenters. The molecule has 1 aliphatic heterocycles. The Kier molecular flexibility index (Phi) is 5.33. The highest BCUT2D eigenvalue weighted by atomic mass is 32.1. The van der Waals surface area contributed by atoms with Crippen LogP contribution >= 0.6 is 11.3 Å². The van der Waals surface area contributed by atoms with Crippen molar-refractivity contribution in [1.82, 2.24) is 14.8 Å². The number of aromatic nitrogens is 1. The molecule has 0 bridgehead atoms. The van der Waals surface area contributed by atoms with Crippen LogP contribution in [0.4, 0.5) is 0 Å². The Hall–Kier alpha value is -1.43. The Balaban J connectivity index is 1.94. The molecule has 1 saturated heterocycles. The lowest BCUT2D eigenvalue weighted by Gasteiger charge is -2.33. The maximum Gasteiger partial charge on any atom is 0.228 e. The van der Waals surface area contributed by atoms with E-state index in [1.165, 1.54) is 0 Å². The molecule has 1 aromatic heterocycles. The standard InChI is InChI=1S/C15H23N3O2S/c1-4-13-16-12(10-21-13)8-14(19)18-7-5-6-11(9-18)15(20)17(2)3/h10-11H,4-9H2,1-3H3. The number of hydrogen-bond acceptors (Lipinski definition) is 4. The summed E-state index contributed by atoms with van der Waals surface area (Å²) in [7, 11) is 3.54. The zero-order valence-corrected chi connectivity index (χ0v) is 13.8. The van der Waals surface area contributed by atoms with Crippen molar-refractivity contribution in [3.63, 3.8) is 0 Å². The Morgan fingerprint density at radius 3 is 2.86 bits per heavy atom. The van der Waals surface area contributed by atoms with Crippen LogP contribution in [0, 0.1) is 5.92 Å². The summed E-state index contributed by atoms with van der Waals surface area (Å²) in [6.45, 7) is 3.36. The lowest BCUT2D eigenvalue weighted by molar-refractivity contribution is -0.138. The zero-order valence-electron chi connectivity index (χ0n) is 13.0. The number of carbonyl (C=O) groups is 2. The highest BCUT2D eigenvalue weighted by Gasteiger charge is 2.29. The fourth-order valence-corrected chi connectivity index (χ4v) is 3.37. The first kappa shape index (κ1) is 15.9. The number of piperidine rings is 1. The molecule has 1 aliphatic rings. The molecule has 5 nitrogen and oxygen atoms in total. The Morgan fingerprint density at radius 1 is 1.48 bits per heavy atom. The highest BCUT2D eigenvalue weighted by Crippen LogP contribution is 2.19. The molecule has 1 atom stereocenters. The van der Waals surface area contributed by atoms with Crippen molar-refractivity contribution in [1.29, 1.82) is 0 Å². The predicted molar refractivity (Wildman–Crippen MR) is 83.2 cm³/mol. The summed E-state index contributed by atoms with van der Waals surface area (Å²) in [5, 5.41) is 3.03. The molecule has 6 heteroatoms. The molecule has 2 rings (SSSR count). The van der Waals surface area contributed by atoms with Gasteiger partial charge in [-0.25, -0.2) is 4.98 Å². The van der Waals surface area contributed by atoms with Crippen molar-refractivity contribution in [3.8, 4) is 0 Å².